The van der Waals surface area contributed by atoms with E-state index in [9.17, 15) is 30.0 Å². The summed E-state index contributed by atoms with van der Waals surface area (Å²) in [6, 6.07) is 9.07. The van der Waals surface area contributed by atoms with E-state index in [0.717, 1.165) is 12.7 Å². The molecule has 0 aromatic heterocycles. The highest BCUT2D eigenvalue weighted by molar-refractivity contribution is 5.74. The third kappa shape index (κ3) is 7.01. The Morgan fingerprint density at radius 1 is 1.03 bits per heavy atom. The van der Waals surface area contributed by atoms with Crippen LogP contribution in [0.2, 0.25) is 0 Å². The highest BCUT2D eigenvalue weighted by atomic mass is 16.7. The van der Waals surface area contributed by atoms with Gasteiger partial charge in [-0.15, -0.1) is 0 Å². The standard InChI is InChI=1S/C20H28O10/c1-20(26,8-14(21)27-2)9-15(22)28-11-13-16(23)17(24)18(25)19(30-13)29-10-12-6-4-3-5-7-12/h3-7,13,16-19,23-26H,8-11H2,1-2H3/t13-,16-,17+,18-,19-,20+/m1/s1. The van der Waals surface area contributed by atoms with Crippen molar-refractivity contribution in [1.82, 2.24) is 0 Å². The number of rotatable bonds is 9. The Hall–Kier alpha value is -2.08. The smallest absolute Gasteiger partial charge is 0.308 e. The number of ether oxygens (including phenoxy) is 4. The second kappa shape index (κ2) is 10.8. The van der Waals surface area contributed by atoms with Crippen molar-refractivity contribution in [2.24, 2.45) is 0 Å². The molecule has 2 rings (SSSR count). The predicted octanol–water partition coefficient (Wildman–Crippen LogP) is -0.742. The van der Waals surface area contributed by atoms with Gasteiger partial charge in [0.05, 0.1) is 32.2 Å². The van der Waals surface area contributed by atoms with Crippen molar-refractivity contribution in [2.75, 3.05) is 13.7 Å². The topological polar surface area (TPSA) is 152 Å². The molecule has 30 heavy (non-hydrogen) atoms. The Balaban J connectivity index is 1.89. The zero-order valence-corrected chi connectivity index (χ0v) is 16.8. The molecular formula is C20H28O10. The van der Waals surface area contributed by atoms with Crippen LogP contribution >= 0.6 is 0 Å². The molecule has 0 radical (unpaired) electrons. The second-order valence-electron chi connectivity index (χ2n) is 7.42. The van der Waals surface area contributed by atoms with Crippen LogP contribution in [0.1, 0.15) is 25.3 Å². The van der Waals surface area contributed by atoms with Gasteiger partial charge in [0.15, 0.2) is 6.29 Å². The first-order valence-corrected chi connectivity index (χ1v) is 9.43. The van der Waals surface area contributed by atoms with Crippen molar-refractivity contribution in [3.63, 3.8) is 0 Å². The molecule has 0 amide bonds. The second-order valence-corrected chi connectivity index (χ2v) is 7.42. The molecule has 4 N–H and O–H groups in total. The van der Waals surface area contributed by atoms with Crippen molar-refractivity contribution in [3.05, 3.63) is 35.9 Å². The van der Waals surface area contributed by atoms with E-state index in [2.05, 4.69) is 4.74 Å². The maximum absolute atomic E-state index is 12.0. The Labute approximate surface area is 173 Å². The highest BCUT2D eigenvalue weighted by Gasteiger charge is 2.45. The first-order chi connectivity index (χ1) is 14.1. The summed E-state index contributed by atoms with van der Waals surface area (Å²) in [5.41, 5.74) is -0.863. The van der Waals surface area contributed by atoms with Crippen LogP contribution in [0.3, 0.4) is 0 Å². The zero-order chi connectivity index (χ0) is 22.3. The van der Waals surface area contributed by atoms with E-state index in [-0.39, 0.29) is 6.61 Å². The van der Waals surface area contributed by atoms with Crippen LogP contribution in [0.15, 0.2) is 30.3 Å². The summed E-state index contributed by atoms with van der Waals surface area (Å²) >= 11 is 0. The van der Waals surface area contributed by atoms with Gasteiger partial charge in [-0.3, -0.25) is 9.59 Å². The number of esters is 2. The number of aliphatic hydroxyl groups excluding tert-OH is 3. The van der Waals surface area contributed by atoms with Crippen LogP contribution in [0.5, 0.6) is 0 Å². The van der Waals surface area contributed by atoms with Crippen LogP contribution in [0.4, 0.5) is 0 Å². The van der Waals surface area contributed by atoms with Crippen molar-refractivity contribution in [3.8, 4) is 0 Å². The van der Waals surface area contributed by atoms with Crippen molar-refractivity contribution < 1.29 is 49.0 Å². The minimum Gasteiger partial charge on any atom is -0.469 e. The molecule has 0 saturated carbocycles. The molecule has 1 aliphatic heterocycles. The predicted molar refractivity (Wildman–Crippen MR) is 101 cm³/mol. The molecule has 6 atom stereocenters. The average Bonchev–Trinajstić information content (AvgIpc) is 2.70. The average molecular weight is 428 g/mol. The van der Waals surface area contributed by atoms with Crippen LogP contribution in [0.25, 0.3) is 0 Å². The van der Waals surface area contributed by atoms with Gasteiger partial charge in [0.25, 0.3) is 0 Å². The Morgan fingerprint density at radius 3 is 2.30 bits per heavy atom. The molecule has 1 aromatic rings. The fraction of sp³-hybridized carbons (Fsp3) is 0.600. The van der Waals surface area contributed by atoms with Crippen LogP contribution in [0, 0.1) is 0 Å². The molecule has 0 aliphatic carbocycles. The first kappa shape index (κ1) is 24.2. The molecule has 1 aliphatic rings. The molecule has 10 nitrogen and oxygen atoms in total. The van der Waals surface area contributed by atoms with Gasteiger partial charge >= 0.3 is 11.9 Å². The van der Waals surface area contributed by atoms with Gasteiger partial charge in [0.2, 0.25) is 0 Å². The lowest BCUT2D eigenvalue weighted by atomic mass is 9.98. The molecule has 1 heterocycles. The lowest BCUT2D eigenvalue weighted by Crippen LogP contribution is -2.59. The summed E-state index contributed by atoms with van der Waals surface area (Å²) in [5.74, 6) is -1.53. The maximum atomic E-state index is 12.0. The number of methoxy groups -OCH3 is 1. The molecule has 0 bridgehead atoms. The number of carbonyl (C=O) groups excluding carboxylic acids is 2. The minimum atomic E-state index is -1.67. The summed E-state index contributed by atoms with van der Waals surface area (Å²) in [6.45, 7) is 0.919. The van der Waals surface area contributed by atoms with Crippen LogP contribution in [-0.4, -0.2) is 82.4 Å². The summed E-state index contributed by atoms with van der Waals surface area (Å²) < 4.78 is 20.4. The molecular weight excluding hydrogens is 400 g/mol. The molecule has 10 heteroatoms. The minimum absolute atomic E-state index is 0.0916. The lowest BCUT2D eigenvalue weighted by Gasteiger charge is -2.40. The van der Waals surface area contributed by atoms with Crippen molar-refractivity contribution in [1.29, 1.82) is 0 Å². The third-order valence-corrected chi connectivity index (χ3v) is 4.61. The highest BCUT2D eigenvalue weighted by Crippen LogP contribution is 2.24. The number of benzene rings is 1. The van der Waals surface area contributed by atoms with Gasteiger partial charge in [-0.25, -0.2) is 0 Å². The number of hydrogen-bond acceptors (Lipinski definition) is 10. The van der Waals surface area contributed by atoms with Crippen LogP contribution in [-0.2, 0) is 35.1 Å². The van der Waals surface area contributed by atoms with Crippen molar-refractivity contribution in [2.45, 2.75) is 62.7 Å². The third-order valence-electron chi connectivity index (χ3n) is 4.61. The quantitative estimate of drug-likeness (QED) is 0.370. The molecule has 168 valence electrons. The van der Waals surface area contributed by atoms with E-state index in [0.29, 0.717) is 0 Å². The molecule has 1 aromatic carbocycles. The van der Waals surface area contributed by atoms with Gasteiger partial charge in [-0.1, -0.05) is 30.3 Å². The van der Waals surface area contributed by atoms with E-state index in [1.165, 1.54) is 6.92 Å². The first-order valence-electron chi connectivity index (χ1n) is 9.43. The van der Waals surface area contributed by atoms with E-state index in [1.54, 1.807) is 12.1 Å². The number of aliphatic hydroxyl groups is 4. The van der Waals surface area contributed by atoms with E-state index in [1.807, 2.05) is 18.2 Å². The van der Waals surface area contributed by atoms with Gasteiger partial charge in [0.1, 0.15) is 31.0 Å². The monoisotopic (exact) mass is 428 g/mol. The normalized spacial score (nSPS) is 28.4. The lowest BCUT2D eigenvalue weighted by molar-refractivity contribution is -0.304. The fourth-order valence-electron chi connectivity index (χ4n) is 2.93. The Bertz CT molecular complexity index is 692. The van der Waals surface area contributed by atoms with Crippen LogP contribution < -0.4 is 0 Å². The molecule has 1 saturated heterocycles. The van der Waals surface area contributed by atoms with E-state index >= 15 is 0 Å². The SMILES string of the molecule is COC(=O)C[C@](C)(O)CC(=O)OC[C@H]1O[C@@H](OCc2ccccc2)[C@H](O)[C@@H](O)[C@@H]1O. The van der Waals surface area contributed by atoms with Gasteiger partial charge in [-0.05, 0) is 12.5 Å². The maximum Gasteiger partial charge on any atom is 0.308 e. The molecule has 0 spiro atoms. The Morgan fingerprint density at radius 2 is 1.67 bits per heavy atom. The van der Waals surface area contributed by atoms with Gasteiger partial charge in [0, 0.05) is 0 Å². The zero-order valence-electron chi connectivity index (χ0n) is 16.8. The van der Waals surface area contributed by atoms with Gasteiger partial charge in [-0.2, -0.15) is 0 Å². The summed E-state index contributed by atoms with van der Waals surface area (Å²) in [4.78, 5) is 23.3. The van der Waals surface area contributed by atoms with Crippen molar-refractivity contribution >= 4 is 11.9 Å². The summed E-state index contributed by atoms with van der Waals surface area (Å²) in [7, 11) is 1.16. The number of carbonyl (C=O) groups is 2. The number of hydrogen-bond donors (Lipinski definition) is 4. The summed E-state index contributed by atoms with van der Waals surface area (Å²) in [5, 5.41) is 40.4. The largest absolute Gasteiger partial charge is 0.469 e. The van der Waals surface area contributed by atoms with E-state index < -0.39 is 67.7 Å². The molecule has 0 unspecified atom stereocenters. The Kier molecular flexibility index (Phi) is 8.71. The molecule has 1 fully saturated rings. The fourth-order valence-corrected chi connectivity index (χ4v) is 2.93. The summed E-state index contributed by atoms with van der Waals surface area (Å²) in [6.07, 6.45) is -7.93. The van der Waals surface area contributed by atoms with Gasteiger partial charge < -0.3 is 39.4 Å². The van der Waals surface area contributed by atoms with E-state index in [4.69, 9.17) is 14.2 Å².